The number of carbonyl (C=O) groups is 2. The topological polar surface area (TPSA) is 61.4 Å². The van der Waals surface area contributed by atoms with Gasteiger partial charge in [-0.15, -0.1) is 0 Å². The summed E-state index contributed by atoms with van der Waals surface area (Å²) in [6, 6.07) is 7.49. The van der Waals surface area contributed by atoms with Crippen molar-refractivity contribution in [3.63, 3.8) is 0 Å². The van der Waals surface area contributed by atoms with Crippen LogP contribution in [0.5, 0.6) is 0 Å². The Morgan fingerprint density at radius 3 is 2.52 bits per heavy atom. The minimum atomic E-state index is -0.323. The Hall–Kier alpha value is -2.04. The van der Waals surface area contributed by atoms with E-state index in [1.54, 1.807) is 4.90 Å². The van der Waals surface area contributed by atoms with Gasteiger partial charge in [-0.05, 0) is 44.7 Å². The first-order valence-electron chi connectivity index (χ1n) is 7.58. The second-order valence-corrected chi connectivity index (χ2v) is 5.93. The molecule has 1 atom stereocenters. The number of hydrogen-bond acceptors (Lipinski definition) is 2. The lowest BCUT2D eigenvalue weighted by atomic mass is 10.2. The average molecular weight is 287 g/mol. The zero-order valence-corrected chi connectivity index (χ0v) is 12.3. The number of likely N-dealkylation sites (tertiary alicyclic amines) is 1. The molecule has 1 saturated heterocycles. The lowest BCUT2D eigenvalue weighted by Crippen LogP contribution is -2.47. The number of nitrogens with one attached hydrogen (secondary N) is 2. The molecule has 0 radical (unpaired) electrons. The van der Waals surface area contributed by atoms with Crippen molar-refractivity contribution in [2.24, 2.45) is 0 Å². The van der Waals surface area contributed by atoms with E-state index in [9.17, 15) is 9.59 Å². The molecule has 1 saturated carbocycles. The summed E-state index contributed by atoms with van der Waals surface area (Å²) in [6.07, 6.45) is 3.76. The van der Waals surface area contributed by atoms with Crippen LogP contribution in [0, 0.1) is 6.92 Å². The summed E-state index contributed by atoms with van der Waals surface area (Å²) >= 11 is 0. The van der Waals surface area contributed by atoms with Crippen LogP contribution >= 0.6 is 0 Å². The second-order valence-electron chi connectivity index (χ2n) is 5.93. The van der Waals surface area contributed by atoms with Crippen molar-refractivity contribution in [3.8, 4) is 0 Å². The third-order valence-electron chi connectivity index (χ3n) is 4.04. The van der Waals surface area contributed by atoms with Crippen molar-refractivity contribution >= 4 is 17.6 Å². The molecule has 2 fully saturated rings. The van der Waals surface area contributed by atoms with Crippen LogP contribution in [-0.2, 0) is 4.79 Å². The zero-order valence-electron chi connectivity index (χ0n) is 12.3. The van der Waals surface area contributed by atoms with E-state index in [2.05, 4.69) is 10.6 Å². The van der Waals surface area contributed by atoms with Gasteiger partial charge in [0.15, 0.2) is 0 Å². The summed E-state index contributed by atoms with van der Waals surface area (Å²) in [7, 11) is 0. The Balaban J connectivity index is 1.62. The largest absolute Gasteiger partial charge is 0.352 e. The quantitative estimate of drug-likeness (QED) is 0.896. The molecule has 2 N–H and O–H groups in total. The van der Waals surface area contributed by atoms with E-state index in [0.717, 1.165) is 36.9 Å². The number of nitrogens with zero attached hydrogens (tertiary/aromatic N) is 1. The Morgan fingerprint density at radius 1 is 1.14 bits per heavy atom. The molecule has 1 heterocycles. The molecule has 1 aromatic rings. The summed E-state index contributed by atoms with van der Waals surface area (Å²) in [5.41, 5.74) is 1.91. The Labute approximate surface area is 124 Å². The van der Waals surface area contributed by atoms with E-state index in [0.29, 0.717) is 12.6 Å². The van der Waals surface area contributed by atoms with E-state index in [1.165, 1.54) is 0 Å². The Morgan fingerprint density at radius 2 is 1.86 bits per heavy atom. The van der Waals surface area contributed by atoms with Gasteiger partial charge >= 0.3 is 6.03 Å². The highest BCUT2D eigenvalue weighted by Gasteiger charge is 2.36. The number of carbonyl (C=O) groups excluding carboxylic acids is 2. The van der Waals surface area contributed by atoms with Crippen molar-refractivity contribution < 1.29 is 9.59 Å². The average Bonchev–Trinajstić information content (AvgIpc) is 3.13. The summed E-state index contributed by atoms with van der Waals surface area (Å²) in [4.78, 5) is 26.2. The van der Waals surface area contributed by atoms with Crippen molar-refractivity contribution in [1.29, 1.82) is 0 Å². The number of rotatable bonds is 3. The fourth-order valence-corrected chi connectivity index (χ4v) is 2.64. The highest BCUT2D eigenvalue weighted by molar-refractivity contribution is 5.94. The van der Waals surface area contributed by atoms with Crippen molar-refractivity contribution in [3.05, 3.63) is 29.8 Å². The van der Waals surface area contributed by atoms with Crippen molar-refractivity contribution in [2.75, 3.05) is 11.9 Å². The number of hydrogen-bond donors (Lipinski definition) is 2. The van der Waals surface area contributed by atoms with Crippen LogP contribution in [0.4, 0.5) is 10.5 Å². The fourth-order valence-electron chi connectivity index (χ4n) is 2.64. The molecular weight excluding hydrogens is 266 g/mol. The molecule has 3 amide bonds. The normalized spacial score (nSPS) is 21.2. The third-order valence-corrected chi connectivity index (χ3v) is 4.04. The smallest absolute Gasteiger partial charge is 0.322 e. The molecule has 0 spiro atoms. The van der Waals surface area contributed by atoms with Crippen molar-refractivity contribution in [2.45, 2.75) is 44.7 Å². The van der Waals surface area contributed by atoms with E-state index < -0.39 is 0 Å². The van der Waals surface area contributed by atoms with Gasteiger partial charge in [0.05, 0.1) is 0 Å². The predicted molar refractivity (Wildman–Crippen MR) is 81.1 cm³/mol. The van der Waals surface area contributed by atoms with Crippen LogP contribution < -0.4 is 10.6 Å². The molecule has 1 aliphatic heterocycles. The molecule has 1 aliphatic carbocycles. The van der Waals surface area contributed by atoms with Crippen LogP contribution in [0.15, 0.2) is 24.3 Å². The zero-order chi connectivity index (χ0) is 14.8. The van der Waals surface area contributed by atoms with Gasteiger partial charge in [-0.2, -0.15) is 0 Å². The summed E-state index contributed by atoms with van der Waals surface area (Å²) < 4.78 is 0. The van der Waals surface area contributed by atoms with Gasteiger partial charge in [0, 0.05) is 18.3 Å². The fraction of sp³-hybridized carbons (Fsp3) is 0.500. The van der Waals surface area contributed by atoms with Crippen LogP contribution in [0.2, 0.25) is 0 Å². The van der Waals surface area contributed by atoms with Gasteiger partial charge < -0.3 is 15.5 Å². The highest BCUT2D eigenvalue weighted by Crippen LogP contribution is 2.23. The summed E-state index contributed by atoms with van der Waals surface area (Å²) in [5.74, 6) is -0.00550. The SMILES string of the molecule is Cc1ccc(NC(=O)N2CCC[C@H]2C(=O)NC2CC2)cc1. The molecule has 0 bridgehead atoms. The minimum Gasteiger partial charge on any atom is -0.352 e. The molecule has 3 rings (SSSR count). The Kier molecular flexibility index (Phi) is 3.82. The standard InChI is InChI=1S/C16H21N3O2/c1-11-4-6-13(7-5-11)18-16(21)19-10-2-3-14(19)15(20)17-12-8-9-12/h4-7,12,14H,2-3,8-10H2,1H3,(H,17,20)(H,18,21)/t14-/m0/s1. The monoisotopic (exact) mass is 287 g/mol. The second kappa shape index (κ2) is 5.76. The number of amides is 3. The molecule has 1 aromatic carbocycles. The third kappa shape index (κ3) is 3.35. The number of anilines is 1. The first-order valence-corrected chi connectivity index (χ1v) is 7.58. The summed E-state index contributed by atoms with van der Waals surface area (Å²) in [5, 5.41) is 5.86. The molecular formula is C16H21N3O2. The molecule has 0 aromatic heterocycles. The minimum absolute atomic E-state index is 0.00550. The van der Waals surface area contributed by atoms with Crippen LogP contribution in [-0.4, -0.2) is 35.5 Å². The molecule has 21 heavy (non-hydrogen) atoms. The van der Waals surface area contributed by atoms with Crippen LogP contribution in [0.25, 0.3) is 0 Å². The maximum absolute atomic E-state index is 12.4. The van der Waals surface area contributed by atoms with Gasteiger partial charge in [0.2, 0.25) is 5.91 Å². The highest BCUT2D eigenvalue weighted by atomic mass is 16.2. The lowest BCUT2D eigenvalue weighted by molar-refractivity contribution is -0.124. The van der Waals surface area contributed by atoms with Gasteiger partial charge in [0.1, 0.15) is 6.04 Å². The van der Waals surface area contributed by atoms with Crippen LogP contribution in [0.3, 0.4) is 0 Å². The van der Waals surface area contributed by atoms with Gasteiger partial charge in [-0.3, -0.25) is 4.79 Å². The molecule has 5 heteroatoms. The van der Waals surface area contributed by atoms with E-state index in [1.807, 2.05) is 31.2 Å². The van der Waals surface area contributed by atoms with Crippen molar-refractivity contribution in [1.82, 2.24) is 10.2 Å². The first-order chi connectivity index (χ1) is 10.1. The first kappa shape index (κ1) is 13.9. The molecule has 0 unspecified atom stereocenters. The van der Waals surface area contributed by atoms with E-state index in [4.69, 9.17) is 0 Å². The number of benzene rings is 1. The van der Waals surface area contributed by atoms with Gasteiger partial charge in [-0.1, -0.05) is 17.7 Å². The van der Waals surface area contributed by atoms with E-state index in [-0.39, 0.29) is 18.0 Å². The molecule has 5 nitrogen and oxygen atoms in total. The van der Waals surface area contributed by atoms with E-state index >= 15 is 0 Å². The van der Waals surface area contributed by atoms with Gasteiger partial charge in [0.25, 0.3) is 0 Å². The summed E-state index contributed by atoms with van der Waals surface area (Å²) in [6.45, 7) is 2.64. The maximum atomic E-state index is 12.4. The molecule has 2 aliphatic rings. The maximum Gasteiger partial charge on any atom is 0.322 e. The predicted octanol–water partition coefficient (Wildman–Crippen LogP) is 2.27. The van der Waals surface area contributed by atoms with Crippen LogP contribution in [0.1, 0.15) is 31.2 Å². The lowest BCUT2D eigenvalue weighted by Gasteiger charge is -2.24. The number of urea groups is 1. The number of aryl methyl sites for hydroxylation is 1. The molecule has 112 valence electrons. The Bertz CT molecular complexity index is 537. The van der Waals surface area contributed by atoms with Gasteiger partial charge in [-0.25, -0.2) is 4.79 Å².